The number of methoxy groups -OCH3 is 1. The van der Waals surface area contributed by atoms with Crippen LogP contribution in [0, 0.1) is 0 Å². The largest absolute Gasteiger partial charge is 0.497 e. The van der Waals surface area contributed by atoms with Crippen LogP contribution in [0.1, 0.15) is 11.3 Å². The van der Waals surface area contributed by atoms with E-state index in [9.17, 15) is 4.79 Å². The Morgan fingerprint density at radius 2 is 1.75 bits per heavy atom. The van der Waals surface area contributed by atoms with Gasteiger partial charge in [-0.05, 0) is 35.9 Å². The van der Waals surface area contributed by atoms with Crippen molar-refractivity contribution in [3.8, 4) is 11.4 Å². The van der Waals surface area contributed by atoms with Crippen LogP contribution in [0.5, 0.6) is 5.75 Å². The SMILES string of the molecule is COc1ccc(CN2CCN(Cc3ccnn3-c3ccccc3)CC2=O)cc1. The van der Waals surface area contributed by atoms with Gasteiger partial charge >= 0.3 is 0 Å². The lowest BCUT2D eigenvalue weighted by atomic mass is 10.2. The van der Waals surface area contributed by atoms with Gasteiger partial charge in [-0.15, -0.1) is 0 Å². The molecule has 0 N–H and O–H groups in total. The van der Waals surface area contributed by atoms with Crippen molar-refractivity contribution in [3.05, 3.63) is 78.1 Å². The Morgan fingerprint density at radius 1 is 0.964 bits per heavy atom. The predicted molar refractivity (Wildman–Crippen MR) is 107 cm³/mol. The summed E-state index contributed by atoms with van der Waals surface area (Å²) in [7, 11) is 1.65. The Balaban J connectivity index is 1.37. The zero-order valence-electron chi connectivity index (χ0n) is 16.0. The van der Waals surface area contributed by atoms with Gasteiger partial charge in [-0.3, -0.25) is 9.69 Å². The van der Waals surface area contributed by atoms with E-state index >= 15 is 0 Å². The molecule has 1 aliphatic heterocycles. The first kappa shape index (κ1) is 18.3. The van der Waals surface area contributed by atoms with Gasteiger partial charge in [0.2, 0.25) is 5.91 Å². The first-order chi connectivity index (χ1) is 13.7. The van der Waals surface area contributed by atoms with Crippen LogP contribution in [0.4, 0.5) is 0 Å². The van der Waals surface area contributed by atoms with Crippen LogP contribution in [0.2, 0.25) is 0 Å². The van der Waals surface area contributed by atoms with E-state index in [2.05, 4.69) is 10.00 Å². The highest BCUT2D eigenvalue weighted by atomic mass is 16.5. The highest BCUT2D eigenvalue weighted by Crippen LogP contribution is 2.17. The highest BCUT2D eigenvalue weighted by molar-refractivity contribution is 5.79. The van der Waals surface area contributed by atoms with Crippen LogP contribution < -0.4 is 4.74 Å². The fourth-order valence-corrected chi connectivity index (χ4v) is 3.49. The molecule has 144 valence electrons. The van der Waals surface area contributed by atoms with Crippen LogP contribution in [0.3, 0.4) is 0 Å². The molecule has 0 spiro atoms. The minimum Gasteiger partial charge on any atom is -0.497 e. The molecule has 1 amide bonds. The number of hydrogen-bond acceptors (Lipinski definition) is 4. The molecule has 1 saturated heterocycles. The summed E-state index contributed by atoms with van der Waals surface area (Å²) in [5, 5.41) is 4.44. The van der Waals surface area contributed by atoms with E-state index in [0.29, 0.717) is 19.6 Å². The van der Waals surface area contributed by atoms with Crippen molar-refractivity contribution < 1.29 is 9.53 Å². The van der Waals surface area contributed by atoms with Crippen molar-refractivity contribution in [2.45, 2.75) is 13.1 Å². The Morgan fingerprint density at radius 3 is 2.46 bits per heavy atom. The van der Waals surface area contributed by atoms with E-state index in [4.69, 9.17) is 4.74 Å². The second-order valence-corrected chi connectivity index (χ2v) is 6.94. The zero-order valence-corrected chi connectivity index (χ0v) is 16.0. The lowest BCUT2D eigenvalue weighted by Gasteiger charge is -2.34. The molecule has 0 aliphatic carbocycles. The molecule has 1 fully saturated rings. The Labute approximate surface area is 164 Å². The Kier molecular flexibility index (Phi) is 5.39. The highest BCUT2D eigenvalue weighted by Gasteiger charge is 2.24. The van der Waals surface area contributed by atoms with Gasteiger partial charge in [-0.2, -0.15) is 5.10 Å². The summed E-state index contributed by atoms with van der Waals surface area (Å²) in [6.45, 7) is 3.35. The first-order valence-corrected chi connectivity index (χ1v) is 9.44. The van der Waals surface area contributed by atoms with Crippen molar-refractivity contribution in [2.75, 3.05) is 26.7 Å². The molecule has 1 aliphatic rings. The molecule has 0 bridgehead atoms. The number of carbonyl (C=O) groups excluding carboxylic acids is 1. The van der Waals surface area contributed by atoms with Gasteiger partial charge in [0.05, 0.1) is 25.0 Å². The van der Waals surface area contributed by atoms with Crippen LogP contribution in [0.25, 0.3) is 5.69 Å². The number of rotatable bonds is 6. The van der Waals surface area contributed by atoms with E-state index in [0.717, 1.165) is 35.8 Å². The molecular formula is C22H24N4O2. The molecule has 4 rings (SSSR count). The molecule has 28 heavy (non-hydrogen) atoms. The number of ether oxygens (including phenoxy) is 1. The number of carbonyl (C=O) groups is 1. The summed E-state index contributed by atoms with van der Waals surface area (Å²) in [4.78, 5) is 16.8. The van der Waals surface area contributed by atoms with E-state index in [1.54, 1.807) is 7.11 Å². The third kappa shape index (κ3) is 4.07. The van der Waals surface area contributed by atoms with Crippen LogP contribution >= 0.6 is 0 Å². The molecular weight excluding hydrogens is 352 g/mol. The maximum absolute atomic E-state index is 12.7. The molecule has 6 nitrogen and oxygen atoms in total. The van der Waals surface area contributed by atoms with E-state index in [-0.39, 0.29) is 5.91 Å². The van der Waals surface area contributed by atoms with Gasteiger partial charge in [-0.25, -0.2) is 4.68 Å². The average Bonchev–Trinajstić information content (AvgIpc) is 3.19. The third-order valence-corrected chi connectivity index (χ3v) is 5.04. The number of amides is 1. The van der Waals surface area contributed by atoms with E-state index in [1.165, 1.54) is 0 Å². The molecule has 0 saturated carbocycles. The summed E-state index contributed by atoms with van der Waals surface area (Å²) in [5.41, 5.74) is 3.24. The van der Waals surface area contributed by atoms with Crippen molar-refractivity contribution in [1.29, 1.82) is 0 Å². The monoisotopic (exact) mass is 376 g/mol. The van der Waals surface area contributed by atoms with Crippen LogP contribution in [-0.2, 0) is 17.9 Å². The van der Waals surface area contributed by atoms with Gasteiger partial charge in [-0.1, -0.05) is 30.3 Å². The second-order valence-electron chi connectivity index (χ2n) is 6.94. The molecule has 6 heteroatoms. The molecule has 2 aromatic carbocycles. The predicted octanol–water partition coefficient (Wildman–Crippen LogP) is 2.73. The zero-order chi connectivity index (χ0) is 19.3. The smallest absolute Gasteiger partial charge is 0.237 e. The number of piperazine rings is 1. The van der Waals surface area contributed by atoms with E-state index < -0.39 is 0 Å². The van der Waals surface area contributed by atoms with Gasteiger partial charge in [0.1, 0.15) is 5.75 Å². The van der Waals surface area contributed by atoms with Crippen molar-refractivity contribution >= 4 is 5.91 Å². The molecule has 0 radical (unpaired) electrons. The molecule has 2 heterocycles. The second kappa shape index (κ2) is 8.27. The summed E-state index contributed by atoms with van der Waals surface area (Å²) >= 11 is 0. The van der Waals surface area contributed by atoms with Gasteiger partial charge in [0.15, 0.2) is 0 Å². The normalized spacial score (nSPS) is 15.0. The number of aromatic nitrogens is 2. The van der Waals surface area contributed by atoms with Crippen LogP contribution in [0.15, 0.2) is 66.9 Å². The summed E-state index contributed by atoms with van der Waals surface area (Å²) in [5.74, 6) is 0.989. The Hall–Kier alpha value is -3.12. The quantitative estimate of drug-likeness (QED) is 0.664. The fourth-order valence-electron chi connectivity index (χ4n) is 3.49. The van der Waals surface area contributed by atoms with Gasteiger partial charge < -0.3 is 9.64 Å². The van der Waals surface area contributed by atoms with Crippen molar-refractivity contribution in [1.82, 2.24) is 19.6 Å². The number of hydrogen-bond donors (Lipinski definition) is 0. The van der Waals surface area contributed by atoms with Gasteiger partial charge in [0.25, 0.3) is 0 Å². The molecule has 0 unspecified atom stereocenters. The van der Waals surface area contributed by atoms with Crippen molar-refractivity contribution in [2.24, 2.45) is 0 Å². The maximum Gasteiger partial charge on any atom is 0.237 e. The third-order valence-electron chi connectivity index (χ3n) is 5.04. The van der Waals surface area contributed by atoms with Gasteiger partial charge in [0, 0.05) is 32.4 Å². The number of nitrogens with zero attached hydrogens (tertiary/aromatic N) is 4. The van der Waals surface area contributed by atoms with Crippen LogP contribution in [-0.4, -0.2) is 52.2 Å². The van der Waals surface area contributed by atoms with Crippen molar-refractivity contribution in [3.63, 3.8) is 0 Å². The molecule has 0 atom stereocenters. The first-order valence-electron chi connectivity index (χ1n) is 9.44. The Bertz CT molecular complexity index is 921. The summed E-state index contributed by atoms with van der Waals surface area (Å²) in [6.07, 6.45) is 1.81. The summed E-state index contributed by atoms with van der Waals surface area (Å²) in [6, 6.07) is 20.0. The topological polar surface area (TPSA) is 50.6 Å². The summed E-state index contributed by atoms with van der Waals surface area (Å²) < 4.78 is 7.13. The lowest BCUT2D eigenvalue weighted by Crippen LogP contribution is -2.49. The standard InChI is InChI=1S/C22H24N4O2/c1-28-21-9-7-18(8-10-21)15-25-14-13-24(17-22(25)27)16-20-11-12-23-26(20)19-5-3-2-4-6-19/h2-12H,13-17H2,1H3. The average molecular weight is 376 g/mol. The fraction of sp³-hybridized carbons (Fsp3) is 0.273. The lowest BCUT2D eigenvalue weighted by molar-refractivity contribution is -0.136. The number of benzene rings is 2. The number of para-hydroxylation sites is 1. The minimum atomic E-state index is 0.160. The minimum absolute atomic E-state index is 0.160. The molecule has 3 aromatic rings. The maximum atomic E-state index is 12.7. The molecule has 1 aromatic heterocycles. The van der Waals surface area contributed by atoms with E-state index in [1.807, 2.05) is 76.4 Å².